The Kier molecular flexibility index (Phi) is 13.5. The topological polar surface area (TPSA) is 107 Å². The molecule has 3 aromatic rings. The van der Waals surface area contributed by atoms with Crippen LogP contribution in [-0.2, 0) is 16.8 Å². The fraction of sp³-hybridized carbons (Fsp3) is 0.609. The zero-order chi connectivity index (χ0) is 41.8. The molecule has 0 atom stereocenters. The number of likely N-dealkylation sites (tertiary alicyclic amines) is 3. The van der Waals surface area contributed by atoms with Crippen LogP contribution in [0.1, 0.15) is 95.5 Å². The van der Waals surface area contributed by atoms with Crippen LogP contribution in [0.5, 0.6) is 11.5 Å². The van der Waals surface area contributed by atoms with Crippen molar-refractivity contribution in [3.8, 4) is 17.6 Å². The number of hydrogen-bond acceptors (Lipinski definition) is 10. The van der Waals surface area contributed by atoms with Gasteiger partial charge in [-0.05, 0) is 125 Å². The molecule has 7 rings (SSSR count). The SMILES string of the molecule is CC(C)(C)OC(=O)N1CCC(CN2CCC(N3CC4(CCN(c5nccc(COc6ccc(C(C)(C)c7cc(Cl)c(OCCCl)c(C#N)c7)cc6)n5)CC4)C3)CC2)CC1. The van der Waals surface area contributed by atoms with Gasteiger partial charge in [0.1, 0.15) is 30.6 Å². The van der Waals surface area contributed by atoms with Crippen LogP contribution < -0.4 is 14.4 Å². The molecule has 0 unspecified atom stereocenters. The Morgan fingerprint density at radius 3 is 2.25 bits per heavy atom. The highest BCUT2D eigenvalue weighted by atomic mass is 35.5. The second-order valence-corrected chi connectivity index (χ2v) is 19.4. The number of carbonyl (C=O) groups excluding carboxylic acids is 1. The largest absolute Gasteiger partial charge is 0.489 e. The molecule has 318 valence electrons. The van der Waals surface area contributed by atoms with Crippen molar-refractivity contribution < 1.29 is 19.0 Å². The highest BCUT2D eigenvalue weighted by Gasteiger charge is 2.47. The average molecular weight is 847 g/mol. The predicted molar refractivity (Wildman–Crippen MR) is 233 cm³/mol. The number of hydrogen-bond donors (Lipinski definition) is 0. The number of alkyl halides is 1. The first-order chi connectivity index (χ1) is 28.2. The fourth-order valence-corrected chi connectivity index (χ4v) is 9.61. The molecule has 0 saturated carbocycles. The number of aromatic nitrogens is 2. The van der Waals surface area contributed by atoms with Gasteiger partial charge in [-0.1, -0.05) is 37.6 Å². The summed E-state index contributed by atoms with van der Waals surface area (Å²) in [6, 6.07) is 16.6. The third-order valence-corrected chi connectivity index (χ3v) is 13.3. The molecule has 1 aromatic heterocycles. The van der Waals surface area contributed by atoms with Crippen molar-refractivity contribution in [3.63, 3.8) is 0 Å². The zero-order valence-electron chi connectivity index (χ0n) is 35.5. The van der Waals surface area contributed by atoms with Crippen LogP contribution >= 0.6 is 23.2 Å². The molecule has 1 amide bonds. The lowest BCUT2D eigenvalue weighted by molar-refractivity contribution is -0.0623. The molecule has 5 heterocycles. The number of nitrogens with zero attached hydrogens (tertiary/aromatic N) is 7. The molecule has 4 aliphatic rings. The first-order valence-corrected chi connectivity index (χ1v) is 22.3. The Bertz CT molecular complexity index is 1930. The molecule has 0 aliphatic carbocycles. The van der Waals surface area contributed by atoms with Crippen LogP contribution in [-0.4, -0.2) is 114 Å². The quantitative estimate of drug-likeness (QED) is 0.165. The monoisotopic (exact) mass is 845 g/mol. The first-order valence-electron chi connectivity index (χ1n) is 21.4. The molecule has 0 radical (unpaired) electrons. The molecule has 59 heavy (non-hydrogen) atoms. The number of benzene rings is 2. The van der Waals surface area contributed by atoms with E-state index < -0.39 is 11.0 Å². The fourth-order valence-electron chi connectivity index (χ4n) is 9.26. The van der Waals surface area contributed by atoms with E-state index in [2.05, 4.69) is 51.7 Å². The van der Waals surface area contributed by atoms with E-state index in [9.17, 15) is 10.1 Å². The van der Waals surface area contributed by atoms with E-state index in [0.29, 0.717) is 46.2 Å². The first kappa shape index (κ1) is 43.3. The van der Waals surface area contributed by atoms with Crippen molar-refractivity contribution in [2.45, 2.75) is 96.8 Å². The summed E-state index contributed by atoms with van der Waals surface area (Å²) in [7, 11) is 0. The summed E-state index contributed by atoms with van der Waals surface area (Å²) >= 11 is 12.3. The van der Waals surface area contributed by atoms with Crippen LogP contribution in [0.2, 0.25) is 5.02 Å². The van der Waals surface area contributed by atoms with Crippen molar-refractivity contribution in [1.29, 1.82) is 5.26 Å². The molecular formula is C46H61Cl2N7O4. The van der Waals surface area contributed by atoms with Gasteiger partial charge in [0.15, 0.2) is 5.75 Å². The molecule has 0 N–H and O–H groups in total. The number of amides is 1. The lowest BCUT2D eigenvalue weighted by atomic mass is 9.71. The lowest BCUT2D eigenvalue weighted by Gasteiger charge is -2.57. The Hall–Kier alpha value is -3.82. The number of carbonyl (C=O) groups is 1. The minimum absolute atomic E-state index is 0.168. The molecule has 4 saturated heterocycles. The number of nitriles is 1. The standard InChI is InChI=1S/C46H61Cl2N7O4/c1-44(2,3)59-43(56)54-21-11-33(12-22-54)29-52-19-13-38(14-20-52)55-31-46(32-55)15-23-53(24-16-46)42-50-18-10-37(51-42)30-58-39-8-6-35(7-9-39)45(4,5)36-26-34(28-49)41(40(48)27-36)57-25-17-47/h6-10,18,26-27,33,38H,11-17,19-25,29-32H2,1-5H3. The average Bonchev–Trinajstić information content (AvgIpc) is 3.21. The second-order valence-electron chi connectivity index (χ2n) is 18.6. The Morgan fingerprint density at radius 1 is 0.915 bits per heavy atom. The third kappa shape index (κ3) is 10.6. The summed E-state index contributed by atoms with van der Waals surface area (Å²) in [5.41, 5.74) is 2.77. The minimum Gasteiger partial charge on any atom is -0.489 e. The van der Waals surface area contributed by atoms with Gasteiger partial charge in [0.2, 0.25) is 5.95 Å². The second kappa shape index (κ2) is 18.4. The van der Waals surface area contributed by atoms with Gasteiger partial charge >= 0.3 is 6.09 Å². The number of halogens is 2. The zero-order valence-corrected chi connectivity index (χ0v) is 37.0. The normalized spacial score (nSPS) is 19.6. The van der Waals surface area contributed by atoms with Gasteiger partial charge in [0, 0.05) is 63.5 Å². The number of piperidine rings is 3. The van der Waals surface area contributed by atoms with E-state index in [1.54, 1.807) is 0 Å². The lowest BCUT2D eigenvalue weighted by Crippen LogP contribution is -2.64. The molecule has 4 fully saturated rings. The summed E-state index contributed by atoms with van der Waals surface area (Å²) < 4.78 is 17.4. The summed E-state index contributed by atoms with van der Waals surface area (Å²) in [6.07, 6.45) is 8.66. The maximum atomic E-state index is 12.5. The predicted octanol–water partition coefficient (Wildman–Crippen LogP) is 8.54. The van der Waals surface area contributed by atoms with E-state index in [4.69, 9.17) is 42.4 Å². The molecule has 1 spiro atoms. The summed E-state index contributed by atoms with van der Waals surface area (Å²) in [6.45, 7) is 20.1. The van der Waals surface area contributed by atoms with Gasteiger partial charge in [-0.15, -0.1) is 11.6 Å². The maximum absolute atomic E-state index is 12.5. The Morgan fingerprint density at radius 2 is 1.61 bits per heavy atom. The number of ether oxygens (including phenoxy) is 3. The molecule has 0 bridgehead atoms. The van der Waals surface area contributed by atoms with Gasteiger partial charge in [0.05, 0.1) is 22.2 Å². The third-order valence-electron chi connectivity index (χ3n) is 12.9. The number of anilines is 1. The van der Waals surface area contributed by atoms with Crippen molar-refractivity contribution in [2.24, 2.45) is 11.3 Å². The van der Waals surface area contributed by atoms with Gasteiger partial charge in [-0.3, -0.25) is 4.90 Å². The van der Waals surface area contributed by atoms with E-state index in [0.717, 1.165) is 74.1 Å². The highest BCUT2D eigenvalue weighted by molar-refractivity contribution is 6.32. The van der Waals surface area contributed by atoms with Crippen LogP contribution in [0.15, 0.2) is 48.7 Å². The summed E-state index contributed by atoms with van der Waals surface area (Å²) in [5, 5.41) is 10.2. The smallest absolute Gasteiger partial charge is 0.410 e. The highest BCUT2D eigenvalue weighted by Crippen LogP contribution is 2.43. The van der Waals surface area contributed by atoms with E-state index in [-0.39, 0.29) is 12.7 Å². The molecule has 13 heteroatoms. The molecular weight excluding hydrogens is 785 g/mol. The molecule has 4 aliphatic heterocycles. The van der Waals surface area contributed by atoms with Gasteiger partial charge in [-0.2, -0.15) is 5.26 Å². The van der Waals surface area contributed by atoms with Crippen LogP contribution in [0.3, 0.4) is 0 Å². The van der Waals surface area contributed by atoms with Crippen molar-refractivity contribution >= 4 is 35.2 Å². The van der Waals surface area contributed by atoms with Gasteiger partial charge in [-0.25, -0.2) is 14.8 Å². The van der Waals surface area contributed by atoms with E-state index in [1.165, 1.54) is 51.9 Å². The van der Waals surface area contributed by atoms with E-state index >= 15 is 0 Å². The Labute approximate surface area is 360 Å². The molecule has 2 aromatic carbocycles. The van der Waals surface area contributed by atoms with E-state index in [1.807, 2.05) is 62.2 Å². The summed E-state index contributed by atoms with van der Waals surface area (Å²) in [4.78, 5) is 31.7. The molecule has 11 nitrogen and oxygen atoms in total. The van der Waals surface area contributed by atoms with Gasteiger partial charge < -0.3 is 28.9 Å². The minimum atomic E-state index is -0.442. The van der Waals surface area contributed by atoms with Gasteiger partial charge in [0.25, 0.3) is 0 Å². The summed E-state index contributed by atoms with van der Waals surface area (Å²) in [5.74, 6) is 2.88. The van der Waals surface area contributed by atoms with Crippen molar-refractivity contribution in [3.05, 3.63) is 76.1 Å². The maximum Gasteiger partial charge on any atom is 0.410 e. The van der Waals surface area contributed by atoms with Crippen LogP contribution in [0, 0.1) is 22.7 Å². The van der Waals surface area contributed by atoms with Crippen LogP contribution in [0.25, 0.3) is 0 Å². The Balaban J connectivity index is 0.828. The van der Waals surface area contributed by atoms with Crippen molar-refractivity contribution in [2.75, 3.05) is 76.3 Å². The van der Waals surface area contributed by atoms with Crippen molar-refractivity contribution in [1.82, 2.24) is 24.7 Å². The number of rotatable bonds is 12. The van der Waals surface area contributed by atoms with Crippen LogP contribution in [0.4, 0.5) is 10.7 Å².